The van der Waals surface area contributed by atoms with Crippen LogP contribution in [0.25, 0.3) is 21.1 Å². The van der Waals surface area contributed by atoms with Crippen LogP contribution in [-0.2, 0) is 11.2 Å². The lowest BCUT2D eigenvalue weighted by molar-refractivity contribution is -0.118. The number of nitrogens with zero attached hydrogens (tertiary/aromatic N) is 3. The third-order valence-corrected chi connectivity index (χ3v) is 6.75. The smallest absolute Gasteiger partial charge is 0.230 e. The van der Waals surface area contributed by atoms with Gasteiger partial charge >= 0.3 is 0 Å². The lowest BCUT2D eigenvalue weighted by Crippen LogP contribution is -2.27. The number of rotatable bonds is 6. The molecule has 6 nitrogen and oxygen atoms in total. The molecular formula is C21H21N5OS2. The monoisotopic (exact) mass is 423 g/mol. The molecule has 0 aliphatic heterocycles. The number of thiophene rings is 1. The zero-order valence-electron chi connectivity index (χ0n) is 16.2. The number of nitrogens with two attached hydrogens (primary N) is 1. The molecule has 1 amide bonds. The van der Waals surface area contributed by atoms with Crippen molar-refractivity contribution >= 4 is 55.9 Å². The fourth-order valence-corrected chi connectivity index (χ4v) is 4.99. The third-order valence-electron chi connectivity index (χ3n) is 4.80. The first-order valence-electron chi connectivity index (χ1n) is 9.28. The van der Waals surface area contributed by atoms with Crippen molar-refractivity contribution in [1.82, 2.24) is 20.3 Å². The van der Waals surface area contributed by atoms with E-state index in [1.165, 1.54) is 16.6 Å². The zero-order valence-corrected chi connectivity index (χ0v) is 17.9. The average molecular weight is 424 g/mol. The highest BCUT2D eigenvalue weighted by Crippen LogP contribution is 2.33. The second kappa shape index (κ2) is 8.34. The van der Waals surface area contributed by atoms with Gasteiger partial charge in [0.15, 0.2) is 5.16 Å². The fraction of sp³-hybridized carbons (Fsp3) is 0.238. The molecule has 0 radical (unpaired) electrons. The summed E-state index contributed by atoms with van der Waals surface area (Å²) in [6, 6.07) is 10.1. The van der Waals surface area contributed by atoms with E-state index in [1.54, 1.807) is 17.5 Å². The number of anilines is 1. The molecule has 3 aromatic heterocycles. The minimum absolute atomic E-state index is 0.0518. The predicted octanol–water partition coefficient (Wildman–Crippen LogP) is 3.89. The van der Waals surface area contributed by atoms with Crippen LogP contribution in [0.15, 0.2) is 41.7 Å². The first-order chi connectivity index (χ1) is 14.0. The fourth-order valence-electron chi connectivity index (χ4n) is 3.21. The van der Waals surface area contributed by atoms with Gasteiger partial charge in [0.2, 0.25) is 5.91 Å². The van der Waals surface area contributed by atoms with Gasteiger partial charge in [-0.3, -0.25) is 9.78 Å². The van der Waals surface area contributed by atoms with Gasteiger partial charge in [0, 0.05) is 23.0 Å². The van der Waals surface area contributed by atoms with E-state index in [9.17, 15) is 4.79 Å². The number of fused-ring (bicyclic) bond motifs is 2. The number of hydrogen-bond donors (Lipinski definition) is 2. The van der Waals surface area contributed by atoms with Crippen molar-refractivity contribution in [3.8, 4) is 0 Å². The lowest BCUT2D eigenvalue weighted by Gasteiger charge is -2.07. The largest absolute Gasteiger partial charge is 0.383 e. The molecule has 0 aliphatic carbocycles. The summed E-state index contributed by atoms with van der Waals surface area (Å²) < 4.78 is 0. The molecule has 29 heavy (non-hydrogen) atoms. The number of aromatic nitrogens is 3. The van der Waals surface area contributed by atoms with Gasteiger partial charge in [-0.25, -0.2) is 9.97 Å². The summed E-state index contributed by atoms with van der Waals surface area (Å²) in [4.78, 5) is 27.7. The van der Waals surface area contributed by atoms with Crippen LogP contribution in [-0.4, -0.2) is 33.2 Å². The van der Waals surface area contributed by atoms with E-state index < -0.39 is 0 Å². The topological polar surface area (TPSA) is 93.8 Å². The van der Waals surface area contributed by atoms with Crippen molar-refractivity contribution < 1.29 is 4.79 Å². The summed E-state index contributed by atoms with van der Waals surface area (Å²) in [6.45, 7) is 4.63. The number of carbonyl (C=O) groups excluding carboxylic acids is 1. The van der Waals surface area contributed by atoms with Crippen LogP contribution in [0.1, 0.15) is 16.0 Å². The van der Waals surface area contributed by atoms with Gasteiger partial charge in [-0.1, -0.05) is 36.0 Å². The van der Waals surface area contributed by atoms with Crippen molar-refractivity contribution in [2.45, 2.75) is 25.4 Å². The average Bonchev–Trinajstić information content (AvgIpc) is 3.00. The first-order valence-corrected chi connectivity index (χ1v) is 11.1. The van der Waals surface area contributed by atoms with Gasteiger partial charge in [0.1, 0.15) is 10.6 Å². The molecule has 0 aliphatic rings. The highest BCUT2D eigenvalue weighted by molar-refractivity contribution is 7.99. The molecular weight excluding hydrogens is 402 g/mol. The number of hydrogen-bond acceptors (Lipinski definition) is 7. The number of aryl methyl sites for hydroxylation is 2. The molecule has 4 rings (SSSR count). The number of thioether (sulfide) groups is 1. The van der Waals surface area contributed by atoms with Crippen LogP contribution in [0, 0.1) is 13.8 Å². The van der Waals surface area contributed by atoms with E-state index in [0.29, 0.717) is 17.5 Å². The Balaban J connectivity index is 1.34. The Bertz CT molecular complexity index is 1200. The summed E-state index contributed by atoms with van der Waals surface area (Å²) in [5.41, 5.74) is 9.34. The number of nitrogens with one attached hydrogen (secondary N) is 1. The van der Waals surface area contributed by atoms with Crippen LogP contribution in [0.4, 0.5) is 5.82 Å². The van der Waals surface area contributed by atoms with Gasteiger partial charge in [-0.15, -0.1) is 11.3 Å². The van der Waals surface area contributed by atoms with E-state index in [2.05, 4.69) is 20.3 Å². The quantitative estimate of drug-likeness (QED) is 0.361. The molecule has 0 bridgehead atoms. The Morgan fingerprint density at radius 1 is 1.21 bits per heavy atom. The SMILES string of the molecule is Cc1sc2nc(SCC(=O)NCCc3cccc4cccnc34)nc(N)c2c1C. The minimum Gasteiger partial charge on any atom is -0.383 e. The van der Waals surface area contributed by atoms with E-state index in [1.807, 2.05) is 44.2 Å². The van der Waals surface area contributed by atoms with Crippen LogP contribution in [0.3, 0.4) is 0 Å². The van der Waals surface area contributed by atoms with Crippen molar-refractivity contribution in [2.24, 2.45) is 0 Å². The molecule has 148 valence electrons. The van der Waals surface area contributed by atoms with Crippen molar-refractivity contribution in [3.05, 3.63) is 52.5 Å². The number of amides is 1. The minimum atomic E-state index is -0.0518. The summed E-state index contributed by atoms with van der Waals surface area (Å²) in [5.74, 6) is 0.675. The third kappa shape index (κ3) is 4.18. The summed E-state index contributed by atoms with van der Waals surface area (Å²) in [7, 11) is 0. The van der Waals surface area contributed by atoms with Crippen molar-refractivity contribution in [1.29, 1.82) is 0 Å². The molecule has 0 atom stereocenters. The van der Waals surface area contributed by atoms with Gasteiger partial charge in [0.05, 0.1) is 16.7 Å². The molecule has 0 spiro atoms. The molecule has 0 fully saturated rings. The van der Waals surface area contributed by atoms with Crippen LogP contribution in [0.5, 0.6) is 0 Å². The van der Waals surface area contributed by atoms with E-state index in [0.717, 1.165) is 38.7 Å². The highest BCUT2D eigenvalue weighted by atomic mass is 32.2. The molecule has 0 unspecified atom stereocenters. The predicted molar refractivity (Wildman–Crippen MR) is 120 cm³/mol. The molecule has 0 saturated heterocycles. The van der Waals surface area contributed by atoms with Gasteiger partial charge < -0.3 is 11.1 Å². The highest BCUT2D eigenvalue weighted by Gasteiger charge is 2.14. The maximum absolute atomic E-state index is 12.2. The lowest BCUT2D eigenvalue weighted by atomic mass is 10.1. The molecule has 8 heteroatoms. The number of pyridine rings is 1. The first kappa shape index (κ1) is 19.6. The Morgan fingerprint density at radius 2 is 2.03 bits per heavy atom. The summed E-state index contributed by atoms with van der Waals surface area (Å²) >= 11 is 2.90. The standard InChI is InChI=1S/C21H21N5OS2/c1-12-13(2)29-20-17(12)19(22)25-21(26-20)28-11-16(27)23-10-8-15-6-3-5-14-7-4-9-24-18(14)15/h3-7,9H,8,10-11H2,1-2H3,(H,23,27)(H2,22,25,26). The number of benzene rings is 1. The number of carbonyl (C=O) groups is 1. The zero-order chi connectivity index (χ0) is 20.4. The molecule has 3 heterocycles. The second-order valence-corrected chi connectivity index (χ2v) is 8.88. The molecule has 3 N–H and O–H groups in total. The van der Waals surface area contributed by atoms with Crippen LogP contribution >= 0.6 is 23.1 Å². The Kier molecular flexibility index (Phi) is 5.64. The molecule has 4 aromatic rings. The maximum Gasteiger partial charge on any atom is 0.230 e. The number of para-hydroxylation sites is 1. The van der Waals surface area contributed by atoms with Gasteiger partial charge in [-0.2, -0.15) is 0 Å². The second-order valence-electron chi connectivity index (χ2n) is 6.74. The Hall–Kier alpha value is -2.71. The Morgan fingerprint density at radius 3 is 2.90 bits per heavy atom. The van der Waals surface area contributed by atoms with Gasteiger partial charge in [0.25, 0.3) is 0 Å². The normalized spacial score (nSPS) is 11.2. The van der Waals surface area contributed by atoms with E-state index in [4.69, 9.17) is 5.73 Å². The Labute approximate surface area is 177 Å². The molecule has 0 saturated carbocycles. The van der Waals surface area contributed by atoms with Crippen molar-refractivity contribution in [2.75, 3.05) is 18.0 Å². The summed E-state index contributed by atoms with van der Waals surface area (Å²) in [6.07, 6.45) is 2.52. The maximum atomic E-state index is 12.2. The number of nitrogen functional groups attached to an aromatic ring is 1. The van der Waals surface area contributed by atoms with Gasteiger partial charge in [-0.05, 0) is 37.5 Å². The van der Waals surface area contributed by atoms with Crippen LogP contribution < -0.4 is 11.1 Å². The van der Waals surface area contributed by atoms with E-state index >= 15 is 0 Å². The molecule has 1 aromatic carbocycles. The van der Waals surface area contributed by atoms with E-state index in [-0.39, 0.29) is 11.7 Å². The van der Waals surface area contributed by atoms with Crippen LogP contribution in [0.2, 0.25) is 0 Å². The summed E-state index contributed by atoms with van der Waals surface area (Å²) in [5, 5.41) is 5.52. The van der Waals surface area contributed by atoms with Crippen molar-refractivity contribution in [3.63, 3.8) is 0 Å².